The summed E-state index contributed by atoms with van der Waals surface area (Å²) < 4.78 is 27.1. The van der Waals surface area contributed by atoms with E-state index in [1.165, 1.54) is 16.7 Å². The van der Waals surface area contributed by atoms with Gasteiger partial charge in [0.2, 0.25) is 10.0 Å². The zero-order valence-corrected chi connectivity index (χ0v) is 15.2. The molecule has 136 valence electrons. The second-order valence-electron chi connectivity index (χ2n) is 5.84. The molecule has 1 aliphatic heterocycles. The number of benzene rings is 1. The molecule has 0 saturated carbocycles. The Labute approximate surface area is 153 Å². The van der Waals surface area contributed by atoms with Crippen LogP contribution in [0.25, 0.3) is 11.4 Å². The smallest absolute Gasteiger partial charge is 0.243 e. The van der Waals surface area contributed by atoms with Crippen molar-refractivity contribution in [3.05, 3.63) is 42.2 Å². The first-order chi connectivity index (χ1) is 11.5. The summed E-state index contributed by atoms with van der Waals surface area (Å²) in [6, 6.07) is 6.68. The second kappa shape index (κ2) is 8.20. The molecule has 0 spiro atoms. The van der Waals surface area contributed by atoms with Crippen LogP contribution < -0.4 is 5.73 Å². The molecule has 25 heavy (non-hydrogen) atoms. The molecule has 0 atom stereocenters. The SMILES string of the molecule is Cl.NC1CCN(S(=O)(=O)c2cccc(-c3ncc(CO)cn3)c2)CC1. The van der Waals surface area contributed by atoms with Crippen molar-refractivity contribution >= 4 is 22.4 Å². The molecule has 1 fully saturated rings. The van der Waals surface area contributed by atoms with Crippen LogP contribution in [0.5, 0.6) is 0 Å². The molecule has 3 rings (SSSR count). The molecule has 1 aromatic carbocycles. The first-order valence-corrected chi connectivity index (χ1v) is 9.22. The van der Waals surface area contributed by atoms with Crippen LogP contribution in [0.15, 0.2) is 41.6 Å². The zero-order valence-electron chi connectivity index (χ0n) is 13.6. The van der Waals surface area contributed by atoms with Crippen molar-refractivity contribution in [2.75, 3.05) is 13.1 Å². The Balaban J connectivity index is 0.00000225. The number of rotatable bonds is 4. The van der Waals surface area contributed by atoms with Gasteiger partial charge in [-0.3, -0.25) is 0 Å². The highest BCUT2D eigenvalue weighted by atomic mass is 35.5. The number of hydrogen-bond donors (Lipinski definition) is 2. The number of hydrogen-bond acceptors (Lipinski definition) is 6. The molecule has 1 aliphatic rings. The third kappa shape index (κ3) is 4.34. The third-order valence-corrected chi connectivity index (χ3v) is 6.01. The number of nitrogens with zero attached hydrogens (tertiary/aromatic N) is 3. The van der Waals surface area contributed by atoms with Crippen molar-refractivity contribution in [1.82, 2.24) is 14.3 Å². The quantitative estimate of drug-likeness (QED) is 0.818. The Kier molecular flexibility index (Phi) is 6.47. The Bertz CT molecular complexity index is 806. The second-order valence-corrected chi connectivity index (χ2v) is 7.78. The van der Waals surface area contributed by atoms with Crippen LogP contribution in [-0.2, 0) is 16.6 Å². The van der Waals surface area contributed by atoms with Gasteiger partial charge in [-0.25, -0.2) is 18.4 Å². The van der Waals surface area contributed by atoms with E-state index in [2.05, 4.69) is 9.97 Å². The summed E-state index contributed by atoms with van der Waals surface area (Å²) in [5.74, 6) is 0.421. The van der Waals surface area contributed by atoms with Gasteiger partial charge in [-0.15, -0.1) is 12.4 Å². The summed E-state index contributed by atoms with van der Waals surface area (Å²) >= 11 is 0. The molecule has 2 heterocycles. The summed E-state index contributed by atoms with van der Waals surface area (Å²) in [6.45, 7) is 0.747. The van der Waals surface area contributed by atoms with Crippen molar-refractivity contribution in [2.24, 2.45) is 5.73 Å². The van der Waals surface area contributed by atoms with Crippen molar-refractivity contribution in [3.63, 3.8) is 0 Å². The highest BCUT2D eigenvalue weighted by molar-refractivity contribution is 7.89. The summed E-state index contributed by atoms with van der Waals surface area (Å²) in [6.07, 6.45) is 4.39. The normalized spacial score (nSPS) is 16.4. The highest BCUT2D eigenvalue weighted by Crippen LogP contribution is 2.24. The Hall–Kier alpha value is -1.58. The molecule has 0 bridgehead atoms. The maximum atomic E-state index is 12.8. The number of aromatic nitrogens is 2. The van der Waals surface area contributed by atoms with Gasteiger partial charge in [0, 0.05) is 42.7 Å². The molecule has 0 aliphatic carbocycles. The van der Waals surface area contributed by atoms with Crippen LogP contribution in [-0.4, -0.2) is 46.9 Å². The number of halogens is 1. The van der Waals surface area contributed by atoms with E-state index in [1.54, 1.807) is 24.3 Å². The lowest BCUT2D eigenvalue weighted by Gasteiger charge is -2.29. The van der Waals surface area contributed by atoms with Crippen molar-refractivity contribution in [3.8, 4) is 11.4 Å². The van der Waals surface area contributed by atoms with Crippen molar-refractivity contribution < 1.29 is 13.5 Å². The molecular formula is C16H21ClN4O3S. The van der Waals surface area contributed by atoms with Crippen molar-refractivity contribution in [2.45, 2.75) is 30.4 Å². The standard InChI is InChI=1S/C16H20N4O3S.ClH/c17-14-4-6-20(7-5-14)24(22,23)15-3-1-2-13(8-15)16-18-9-12(11-21)10-19-16;/h1-3,8-10,14,21H,4-7,11,17H2;1H. The van der Waals surface area contributed by atoms with Gasteiger partial charge in [-0.1, -0.05) is 12.1 Å². The van der Waals surface area contributed by atoms with Gasteiger partial charge in [0.15, 0.2) is 5.82 Å². The minimum absolute atomic E-state index is 0. The molecule has 0 unspecified atom stereocenters. The van der Waals surface area contributed by atoms with E-state index in [4.69, 9.17) is 10.8 Å². The lowest BCUT2D eigenvalue weighted by Crippen LogP contribution is -2.42. The monoisotopic (exact) mass is 384 g/mol. The van der Waals surface area contributed by atoms with Gasteiger partial charge in [0.1, 0.15) is 0 Å². The molecule has 0 amide bonds. The Morgan fingerprint density at radius 3 is 2.44 bits per heavy atom. The number of nitrogens with two attached hydrogens (primary N) is 1. The van der Waals surface area contributed by atoms with E-state index < -0.39 is 10.0 Å². The number of piperidine rings is 1. The van der Waals surface area contributed by atoms with Gasteiger partial charge in [0.05, 0.1) is 11.5 Å². The van der Waals surface area contributed by atoms with Gasteiger partial charge in [-0.2, -0.15) is 4.31 Å². The summed E-state index contributed by atoms with van der Waals surface area (Å²) in [4.78, 5) is 8.57. The first kappa shape index (κ1) is 19.7. The summed E-state index contributed by atoms with van der Waals surface area (Å²) in [5.41, 5.74) is 7.07. The number of sulfonamides is 1. The predicted molar refractivity (Wildman–Crippen MR) is 96.6 cm³/mol. The fraction of sp³-hybridized carbons (Fsp3) is 0.375. The topological polar surface area (TPSA) is 109 Å². The first-order valence-electron chi connectivity index (χ1n) is 7.78. The molecule has 3 N–H and O–H groups in total. The third-order valence-electron chi connectivity index (χ3n) is 4.12. The highest BCUT2D eigenvalue weighted by Gasteiger charge is 2.28. The minimum Gasteiger partial charge on any atom is -0.392 e. The minimum atomic E-state index is -3.55. The van der Waals surface area contributed by atoms with E-state index in [9.17, 15) is 8.42 Å². The van der Waals surface area contributed by atoms with Crippen LogP contribution >= 0.6 is 12.4 Å². The molecule has 1 aromatic heterocycles. The van der Waals surface area contributed by atoms with E-state index >= 15 is 0 Å². The molecular weight excluding hydrogens is 364 g/mol. The lowest BCUT2D eigenvalue weighted by molar-refractivity contribution is 0.281. The zero-order chi connectivity index (χ0) is 17.2. The number of aliphatic hydroxyl groups is 1. The maximum absolute atomic E-state index is 12.8. The average molecular weight is 385 g/mol. The maximum Gasteiger partial charge on any atom is 0.243 e. The predicted octanol–water partition coefficient (Wildman–Crippen LogP) is 1.17. The van der Waals surface area contributed by atoms with E-state index in [1.807, 2.05) is 0 Å². The van der Waals surface area contributed by atoms with Gasteiger partial charge >= 0.3 is 0 Å². The van der Waals surface area contributed by atoms with Gasteiger partial charge in [0.25, 0.3) is 0 Å². The van der Waals surface area contributed by atoms with E-state index in [0.29, 0.717) is 42.9 Å². The Morgan fingerprint density at radius 2 is 1.84 bits per heavy atom. The molecule has 7 nitrogen and oxygen atoms in total. The fourth-order valence-electron chi connectivity index (χ4n) is 2.65. The van der Waals surface area contributed by atoms with Crippen LogP contribution in [0.1, 0.15) is 18.4 Å². The van der Waals surface area contributed by atoms with Crippen LogP contribution in [0.4, 0.5) is 0 Å². The van der Waals surface area contributed by atoms with Crippen molar-refractivity contribution in [1.29, 1.82) is 0 Å². The summed E-state index contributed by atoms with van der Waals surface area (Å²) in [7, 11) is -3.55. The van der Waals surface area contributed by atoms with Gasteiger partial charge < -0.3 is 10.8 Å². The average Bonchev–Trinajstić information content (AvgIpc) is 2.62. The lowest BCUT2D eigenvalue weighted by atomic mass is 10.1. The van der Waals surface area contributed by atoms with Crippen LogP contribution in [0.2, 0.25) is 0 Å². The Morgan fingerprint density at radius 1 is 1.20 bits per heavy atom. The summed E-state index contributed by atoms with van der Waals surface area (Å²) in [5, 5.41) is 9.04. The van der Waals surface area contributed by atoms with E-state index in [0.717, 1.165) is 0 Å². The van der Waals surface area contributed by atoms with E-state index in [-0.39, 0.29) is 30.0 Å². The fourth-order valence-corrected chi connectivity index (χ4v) is 4.16. The van der Waals surface area contributed by atoms with Crippen LogP contribution in [0.3, 0.4) is 0 Å². The molecule has 9 heteroatoms. The largest absolute Gasteiger partial charge is 0.392 e. The molecule has 1 saturated heterocycles. The molecule has 0 radical (unpaired) electrons. The number of aliphatic hydroxyl groups excluding tert-OH is 1. The van der Waals surface area contributed by atoms with Gasteiger partial charge in [-0.05, 0) is 25.0 Å². The molecule has 2 aromatic rings. The van der Waals surface area contributed by atoms with Crippen LogP contribution in [0, 0.1) is 0 Å².